The maximum Gasteiger partial charge on any atom is 0.00682 e. The van der Waals surface area contributed by atoms with Crippen LogP contribution >= 0.6 is 0 Å². The summed E-state index contributed by atoms with van der Waals surface area (Å²) in [6, 6.07) is 1.60. The van der Waals surface area contributed by atoms with E-state index in [4.69, 9.17) is 0 Å². The van der Waals surface area contributed by atoms with Crippen LogP contribution in [-0.4, -0.2) is 37.1 Å². The lowest BCUT2D eigenvalue weighted by Gasteiger charge is -2.27. The van der Waals surface area contributed by atoms with Crippen molar-refractivity contribution in [3.63, 3.8) is 0 Å². The molecule has 1 saturated carbocycles. The van der Waals surface area contributed by atoms with Gasteiger partial charge < -0.3 is 10.2 Å². The molecule has 0 bridgehead atoms. The Morgan fingerprint density at radius 1 is 1.31 bits per heavy atom. The lowest BCUT2D eigenvalue weighted by Crippen LogP contribution is -2.33. The highest BCUT2D eigenvalue weighted by Gasteiger charge is 2.19. The summed E-state index contributed by atoms with van der Waals surface area (Å²) < 4.78 is 0. The SMILES string of the molecule is CCC(C)CN(C)C(C)CCCNC1CC1. The lowest BCUT2D eigenvalue weighted by atomic mass is 10.1. The Bertz CT molecular complexity index is 178. The van der Waals surface area contributed by atoms with E-state index in [0.717, 1.165) is 18.0 Å². The van der Waals surface area contributed by atoms with Crippen LogP contribution in [-0.2, 0) is 0 Å². The number of nitrogens with one attached hydrogen (secondary N) is 1. The first-order valence-electron chi connectivity index (χ1n) is 7.07. The zero-order valence-corrected chi connectivity index (χ0v) is 11.6. The fourth-order valence-electron chi connectivity index (χ4n) is 2.01. The summed E-state index contributed by atoms with van der Waals surface area (Å²) in [7, 11) is 2.27. The third-order valence-electron chi connectivity index (χ3n) is 3.86. The van der Waals surface area contributed by atoms with E-state index in [1.165, 1.54) is 45.2 Å². The van der Waals surface area contributed by atoms with Crippen molar-refractivity contribution in [3.05, 3.63) is 0 Å². The second-order valence-corrected chi connectivity index (χ2v) is 5.67. The van der Waals surface area contributed by atoms with Crippen molar-refractivity contribution in [2.75, 3.05) is 20.1 Å². The molecule has 0 spiro atoms. The van der Waals surface area contributed by atoms with Crippen molar-refractivity contribution in [1.29, 1.82) is 0 Å². The Kier molecular flexibility index (Phi) is 6.37. The molecule has 0 saturated heterocycles. The van der Waals surface area contributed by atoms with E-state index in [1.54, 1.807) is 0 Å². The van der Waals surface area contributed by atoms with Gasteiger partial charge in [-0.1, -0.05) is 20.3 Å². The minimum Gasteiger partial charge on any atom is -0.314 e. The third kappa shape index (κ3) is 5.86. The monoisotopic (exact) mass is 226 g/mol. The second-order valence-electron chi connectivity index (χ2n) is 5.67. The zero-order chi connectivity index (χ0) is 12.0. The van der Waals surface area contributed by atoms with Crippen LogP contribution in [0.15, 0.2) is 0 Å². The fourth-order valence-corrected chi connectivity index (χ4v) is 2.01. The quantitative estimate of drug-likeness (QED) is 0.608. The van der Waals surface area contributed by atoms with Crippen molar-refractivity contribution >= 4 is 0 Å². The standard InChI is InChI=1S/C14H30N2/c1-5-12(2)11-16(4)13(3)7-6-10-15-14-8-9-14/h12-15H,5-11H2,1-4H3. The molecule has 0 aromatic carbocycles. The van der Waals surface area contributed by atoms with Crippen molar-refractivity contribution in [2.24, 2.45) is 5.92 Å². The van der Waals surface area contributed by atoms with E-state index in [-0.39, 0.29) is 0 Å². The average Bonchev–Trinajstić information content (AvgIpc) is 3.07. The molecule has 0 aromatic heterocycles. The molecule has 1 N–H and O–H groups in total. The van der Waals surface area contributed by atoms with Crippen LogP contribution in [0.5, 0.6) is 0 Å². The third-order valence-corrected chi connectivity index (χ3v) is 3.86. The molecule has 2 nitrogen and oxygen atoms in total. The smallest absolute Gasteiger partial charge is 0.00682 e. The van der Waals surface area contributed by atoms with E-state index < -0.39 is 0 Å². The van der Waals surface area contributed by atoms with E-state index in [2.05, 4.69) is 38.0 Å². The van der Waals surface area contributed by atoms with Crippen LogP contribution in [0.4, 0.5) is 0 Å². The minimum atomic E-state index is 0.731. The molecule has 2 heteroatoms. The van der Waals surface area contributed by atoms with E-state index in [1.807, 2.05) is 0 Å². The van der Waals surface area contributed by atoms with Crippen molar-refractivity contribution < 1.29 is 0 Å². The average molecular weight is 226 g/mol. The van der Waals surface area contributed by atoms with Gasteiger partial charge in [0.2, 0.25) is 0 Å². The van der Waals surface area contributed by atoms with Gasteiger partial charge in [-0.05, 0) is 52.1 Å². The molecule has 1 aliphatic carbocycles. The van der Waals surface area contributed by atoms with Crippen molar-refractivity contribution in [1.82, 2.24) is 10.2 Å². The van der Waals surface area contributed by atoms with Crippen LogP contribution < -0.4 is 5.32 Å². The molecule has 2 unspecified atom stereocenters. The van der Waals surface area contributed by atoms with Crippen LogP contribution in [0.25, 0.3) is 0 Å². The molecule has 1 rings (SSSR count). The molecule has 0 amide bonds. The van der Waals surface area contributed by atoms with Crippen LogP contribution in [0.2, 0.25) is 0 Å². The number of rotatable bonds is 9. The molecular weight excluding hydrogens is 196 g/mol. The predicted octanol–water partition coefficient (Wildman–Crippen LogP) is 2.89. The molecule has 2 atom stereocenters. The van der Waals surface area contributed by atoms with Gasteiger partial charge in [0.15, 0.2) is 0 Å². The van der Waals surface area contributed by atoms with E-state index in [9.17, 15) is 0 Å². The summed E-state index contributed by atoms with van der Waals surface area (Å²) in [4.78, 5) is 2.52. The van der Waals surface area contributed by atoms with Crippen molar-refractivity contribution in [2.45, 2.75) is 65.0 Å². The van der Waals surface area contributed by atoms with E-state index in [0.29, 0.717) is 0 Å². The maximum absolute atomic E-state index is 3.58. The first-order valence-corrected chi connectivity index (χ1v) is 7.07. The van der Waals surface area contributed by atoms with Gasteiger partial charge in [0.05, 0.1) is 0 Å². The Labute approximate surface area is 102 Å². The van der Waals surface area contributed by atoms with Gasteiger partial charge in [-0.3, -0.25) is 0 Å². The predicted molar refractivity (Wildman–Crippen MR) is 71.8 cm³/mol. The van der Waals surface area contributed by atoms with Crippen LogP contribution in [0, 0.1) is 5.92 Å². The Morgan fingerprint density at radius 2 is 2.00 bits per heavy atom. The first kappa shape index (κ1) is 14.0. The topological polar surface area (TPSA) is 15.3 Å². The molecule has 16 heavy (non-hydrogen) atoms. The largest absolute Gasteiger partial charge is 0.314 e. The molecule has 1 fully saturated rings. The van der Waals surface area contributed by atoms with Gasteiger partial charge >= 0.3 is 0 Å². The van der Waals surface area contributed by atoms with Crippen LogP contribution in [0.1, 0.15) is 52.9 Å². The van der Waals surface area contributed by atoms with Crippen molar-refractivity contribution in [3.8, 4) is 0 Å². The Hall–Kier alpha value is -0.0800. The van der Waals surface area contributed by atoms with Gasteiger partial charge in [0.1, 0.15) is 0 Å². The number of nitrogens with zero attached hydrogens (tertiary/aromatic N) is 1. The highest BCUT2D eigenvalue weighted by Crippen LogP contribution is 2.18. The van der Waals surface area contributed by atoms with Gasteiger partial charge in [0.25, 0.3) is 0 Å². The second kappa shape index (κ2) is 7.29. The summed E-state index contributed by atoms with van der Waals surface area (Å²) in [6.07, 6.45) is 6.75. The normalized spacial score (nSPS) is 20.1. The lowest BCUT2D eigenvalue weighted by molar-refractivity contribution is 0.210. The number of hydrogen-bond acceptors (Lipinski definition) is 2. The van der Waals surface area contributed by atoms with Gasteiger partial charge in [-0.2, -0.15) is 0 Å². The van der Waals surface area contributed by atoms with Crippen LogP contribution in [0.3, 0.4) is 0 Å². The van der Waals surface area contributed by atoms with Gasteiger partial charge in [-0.25, -0.2) is 0 Å². The molecule has 0 aliphatic heterocycles. The molecule has 96 valence electrons. The maximum atomic E-state index is 3.58. The first-order chi connectivity index (χ1) is 7.63. The molecule has 1 aliphatic rings. The molecular formula is C14H30N2. The summed E-state index contributed by atoms with van der Waals surface area (Å²) >= 11 is 0. The summed E-state index contributed by atoms with van der Waals surface area (Å²) in [5.41, 5.74) is 0. The highest BCUT2D eigenvalue weighted by molar-refractivity contribution is 4.80. The summed E-state index contributed by atoms with van der Waals surface area (Å²) in [5.74, 6) is 0.831. The highest BCUT2D eigenvalue weighted by atomic mass is 15.1. The summed E-state index contributed by atoms with van der Waals surface area (Å²) in [6.45, 7) is 9.44. The molecule has 0 aromatic rings. The Morgan fingerprint density at radius 3 is 2.56 bits per heavy atom. The van der Waals surface area contributed by atoms with Gasteiger partial charge in [-0.15, -0.1) is 0 Å². The van der Waals surface area contributed by atoms with Gasteiger partial charge in [0, 0.05) is 18.6 Å². The summed E-state index contributed by atoms with van der Waals surface area (Å²) in [5, 5.41) is 3.58. The Balaban J connectivity index is 2.00. The van der Waals surface area contributed by atoms with E-state index >= 15 is 0 Å². The fraction of sp³-hybridized carbons (Fsp3) is 1.00. The molecule has 0 heterocycles. The number of hydrogen-bond donors (Lipinski definition) is 1. The minimum absolute atomic E-state index is 0.731. The molecule has 0 radical (unpaired) electrons. The zero-order valence-electron chi connectivity index (χ0n) is 11.6.